The third kappa shape index (κ3) is 5.75. The lowest BCUT2D eigenvalue weighted by atomic mass is 10.2. The predicted octanol–water partition coefficient (Wildman–Crippen LogP) is 4.85. The van der Waals surface area contributed by atoms with Gasteiger partial charge in [-0.25, -0.2) is 0 Å². The van der Waals surface area contributed by atoms with Crippen molar-refractivity contribution in [1.82, 2.24) is 0 Å². The van der Waals surface area contributed by atoms with Crippen LogP contribution in [0.4, 0.5) is 0 Å². The van der Waals surface area contributed by atoms with Crippen molar-refractivity contribution in [2.24, 2.45) is 0 Å². The Morgan fingerprint density at radius 3 is 1.76 bits per heavy atom. The van der Waals surface area contributed by atoms with Crippen LogP contribution in [0.1, 0.15) is 17.5 Å². The van der Waals surface area contributed by atoms with E-state index in [-0.39, 0.29) is 19.4 Å². The SMILES string of the molecule is O=P(CCC1OC=CO1)(OCc1ccccc1)OCc1ccccc1. The van der Waals surface area contributed by atoms with Crippen molar-refractivity contribution in [3.8, 4) is 0 Å². The molecule has 0 atom stereocenters. The molecular formula is C19H21O5P. The van der Waals surface area contributed by atoms with E-state index in [1.165, 1.54) is 12.5 Å². The second-order valence-corrected chi connectivity index (χ2v) is 7.80. The summed E-state index contributed by atoms with van der Waals surface area (Å²) in [6, 6.07) is 19.2. The molecule has 25 heavy (non-hydrogen) atoms. The standard InChI is InChI=1S/C19H21O5P/c20-25(14-11-19-21-12-13-22-19,23-15-17-7-3-1-4-8-17)24-16-18-9-5-2-6-10-18/h1-10,12-13,19H,11,14-16H2. The van der Waals surface area contributed by atoms with Crippen LogP contribution in [0.3, 0.4) is 0 Å². The van der Waals surface area contributed by atoms with Gasteiger partial charge in [0.25, 0.3) is 0 Å². The highest BCUT2D eigenvalue weighted by Crippen LogP contribution is 2.50. The van der Waals surface area contributed by atoms with Crippen molar-refractivity contribution < 1.29 is 23.1 Å². The van der Waals surface area contributed by atoms with Gasteiger partial charge in [0.05, 0.1) is 19.4 Å². The Balaban J connectivity index is 1.60. The average Bonchev–Trinajstić information content (AvgIpc) is 3.19. The molecule has 0 amide bonds. The lowest BCUT2D eigenvalue weighted by Gasteiger charge is -2.20. The third-order valence-electron chi connectivity index (χ3n) is 3.70. The van der Waals surface area contributed by atoms with E-state index in [9.17, 15) is 4.57 Å². The number of hydrogen-bond acceptors (Lipinski definition) is 5. The molecule has 5 nitrogen and oxygen atoms in total. The molecule has 3 rings (SSSR count). The van der Waals surface area contributed by atoms with Gasteiger partial charge < -0.3 is 18.5 Å². The minimum atomic E-state index is -3.29. The molecule has 0 unspecified atom stereocenters. The summed E-state index contributed by atoms with van der Waals surface area (Å²) in [5, 5.41) is 0. The van der Waals surface area contributed by atoms with Gasteiger partial charge in [-0.05, 0) is 11.1 Å². The molecular weight excluding hydrogens is 339 g/mol. The highest BCUT2D eigenvalue weighted by Gasteiger charge is 2.28. The highest BCUT2D eigenvalue weighted by molar-refractivity contribution is 7.53. The highest BCUT2D eigenvalue weighted by atomic mass is 31.2. The third-order valence-corrected chi connectivity index (χ3v) is 5.55. The second-order valence-electron chi connectivity index (χ2n) is 5.62. The maximum atomic E-state index is 13.1. The average molecular weight is 360 g/mol. The normalized spacial score (nSPS) is 14.2. The van der Waals surface area contributed by atoms with Gasteiger partial charge in [-0.15, -0.1) is 0 Å². The molecule has 1 aliphatic heterocycles. The van der Waals surface area contributed by atoms with Crippen LogP contribution in [0.25, 0.3) is 0 Å². The first-order valence-electron chi connectivity index (χ1n) is 8.15. The second kappa shape index (κ2) is 8.86. The minimum absolute atomic E-state index is 0.221. The molecule has 0 fully saturated rings. The van der Waals surface area contributed by atoms with Gasteiger partial charge in [0.1, 0.15) is 12.5 Å². The zero-order valence-corrected chi connectivity index (χ0v) is 14.7. The Kier molecular flexibility index (Phi) is 6.29. The van der Waals surface area contributed by atoms with Crippen LogP contribution in [0, 0.1) is 0 Å². The van der Waals surface area contributed by atoms with Crippen LogP contribution in [0.5, 0.6) is 0 Å². The Bertz CT molecular complexity index is 662. The smallest absolute Gasteiger partial charge is 0.331 e. The van der Waals surface area contributed by atoms with E-state index in [0.717, 1.165) is 11.1 Å². The van der Waals surface area contributed by atoms with E-state index in [4.69, 9.17) is 18.5 Å². The van der Waals surface area contributed by atoms with Crippen LogP contribution < -0.4 is 0 Å². The van der Waals surface area contributed by atoms with Gasteiger partial charge >= 0.3 is 7.60 Å². The number of ether oxygens (including phenoxy) is 2. The molecule has 132 valence electrons. The Morgan fingerprint density at radius 2 is 1.28 bits per heavy atom. The van der Waals surface area contributed by atoms with E-state index < -0.39 is 13.9 Å². The van der Waals surface area contributed by atoms with E-state index in [1.807, 2.05) is 60.7 Å². The molecule has 0 aliphatic carbocycles. The first kappa shape index (κ1) is 17.7. The van der Waals surface area contributed by atoms with Gasteiger partial charge in [-0.2, -0.15) is 0 Å². The van der Waals surface area contributed by atoms with Crippen LogP contribution in [-0.2, 0) is 36.3 Å². The monoisotopic (exact) mass is 360 g/mol. The molecule has 0 spiro atoms. The quantitative estimate of drug-likeness (QED) is 0.599. The number of hydrogen-bond donors (Lipinski definition) is 0. The van der Waals surface area contributed by atoms with Crippen molar-refractivity contribution in [1.29, 1.82) is 0 Å². The van der Waals surface area contributed by atoms with Gasteiger partial charge in [0, 0.05) is 6.42 Å². The van der Waals surface area contributed by atoms with Crippen molar-refractivity contribution in [2.45, 2.75) is 25.9 Å². The van der Waals surface area contributed by atoms with Gasteiger partial charge in [0.15, 0.2) is 0 Å². The van der Waals surface area contributed by atoms with E-state index in [2.05, 4.69) is 0 Å². The Labute approximate surface area is 147 Å². The topological polar surface area (TPSA) is 54.0 Å². The van der Waals surface area contributed by atoms with Crippen LogP contribution in [0.15, 0.2) is 73.2 Å². The summed E-state index contributed by atoms with van der Waals surface area (Å²) in [5.74, 6) is 0. The summed E-state index contributed by atoms with van der Waals surface area (Å²) in [5.41, 5.74) is 1.89. The minimum Gasteiger partial charge on any atom is -0.459 e. The molecule has 1 heterocycles. The Morgan fingerprint density at radius 1 is 0.800 bits per heavy atom. The summed E-state index contributed by atoms with van der Waals surface area (Å²) in [7, 11) is -3.29. The molecule has 0 bridgehead atoms. The fourth-order valence-corrected chi connectivity index (χ4v) is 3.88. The molecule has 0 saturated heterocycles. The molecule has 0 N–H and O–H groups in total. The maximum Gasteiger partial charge on any atom is 0.331 e. The van der Waals surface area contributed by atoms with Gasteiger partial charge in [-0.3, -0.25) is 4.57 Å². The Hall–Kier alpha value is -2.07. The van der Waals surface area contributed by atoms with Crippen LogP contribution in [-0.4, -0.2) is 12.5 Å². The van der Waals surface area contributed by atoms with Gasteiger partial charge in [-0.1, -0.05) is 60.7 Å². The van der Waals surface area contributed by atoms with Crippen molar-refractivity contribution in [2.75, 3.05) is 6.16 Å². The molecule has 0 radical (unpaired) electrons. The van der Waals surface area contributed by atoms with Crippen molar-refractivity contribution in [3.63, 3.8) is 0 Å². The van der Waals surface area contributed by atoms with E-state index >= 15 is 0 Å². The maximum absolute atomic E-state index is 13.1. The summed E-state index contributed by atoms with van der Waals surface area (Å²) >= 11 is 0. The first-order chi connectivity index (χ1) is 12.2. The number of rotatable bonds is 9. The lowest BCUT2D eigenvalue weighted by Crippen LogP contribution is -2.11. The van der Waals surface area contributed by atoms with E-state index in [0.29, 0.717) is 6.42 Å². The van der Waals surface area contributed by atoms with Crippen LogP contribution >= 0.6 is 7.60 Å². The summed E-state index contributed by atoms with van der Waals surface area (Å²) < 4.78 is 35.0. The van der Waals surface area contributed by atoms with Crippen LogP contribution in [0.2, 0.25) is 0 Å². The molecule has 0 aromatic heterocycles. The molecule has 1 aliphatic rings. The fourth-order valence-electron chi connectivity index (χ4n) is 2.33. The number of benzene rings is 2. The summed E-state index contributed by atoms with van der Waals surface area (Å²) in [6.45, 7) is 0.467. The molecule has 2 aromatic carbocycles. The zero-order valence-electron chi connectivity index (χ0n) is 13.8. The van der Waals surface area contributed by atoms with E-state index in [1.54, 1.807) is 0 Å². The summed E-state index contributed by atoms with van der Waals surface area (Å²) in [4.78, 5) is 0. The zero-order chi connectivity index (χ0) is 17.4. The fraction of sp³-hybridized carbons (Fsp3) is 0.263. The summed E-state index contributed by atoms with van der Waals surface area (Å²) in [6.07, 6.45) is 3.16. The largest absolute Gasteiger partial charge is 0.459 e. The molecule has 6 heteroatoms. The first-order valence-corrected chi connectivity index (χ1v) is 9.88. The van der Waals surface area contributed by atoms with Crippen molar-refractivity contribution in [3.05, 3.63) is 84.3 Å². The predicted molar refractivity (Wildman–Crippen MR) is 94.7 cm³/mol. The molecule has 0 saturated carbocycles. The lowest BCUT2D eigenvalue weighted by molar-refractivity contribution is -0.0247. The molecule has 2 aromatic rings. The van der Waals surface area contributed by atoms with Gasteiger partial charge in [0.2, 0.25) is 6.29 Å². The van der Waals surface area contributed by atoms with Crippen molar-refractivity contribution >= 4 is 7.60 Å².